The Bertz CT molecular complexity index is 816. The summed E-state index contributed by atoms with van der Waals surface area (Å²) in [7, 11) is -5.04. The van der Waals surface area contributed by atoms with Gasteiger partial charge in [0, 0.05) is 0 Å². The highest BCUT2D eigenvalue weighted by atomic mass is 35.5. The average molecular weight is 361 g/mol. The number of benzene rings is 1. The van der Waals surface area contributed by atoms with Crippen molar-refractivity contribution in [3.8, 4) is 5.75 Å². The number of rotatable bonds is 3. The molecule has 1 aromatic heterocycles. The van der Waals surface area contributed by atoms with Gasteiger partial charge in [0.15, 0.2) is 0 Å². The molecule has 0 N–H and O–H groups in total. The number of nitrogens with zero attached hydrogens (tertiary/aromatic N) is 2. The predicted molar refractivity (Wildman–Crippen MR) is 61.1 cm³/mol. The van der Waals surface area contributed by atoms with Gasteiger partial charge in [-0.05, 0) is 0 Å². The Labute approximate surface area is 124 Å². The van der Waals surface area contributed by atoms with E-state index in [9.17, 15) is 30.4 Å². The highest BCUT2D eigenvalue weighted by Gasteiger charge is 2.31. The molecule has 0 fully saturated rings. The first-order valence-corrected chi connectivity index (χ1v) is 6.87. The zero-order chi connectivity index (χ0) is 16.7. The minimum atomic E-state index is -5.04. The molecule has 2 rings (SSSR count). The minimum absolute atomic E-state index is 0.0600. The van der Waals surface area contributed by atoms with Crippen molar-refractivity contribution in [1.29, 1.82) is 0 Å². The third-order valence-electron chi connectivity index (χ3n) is 2.18. The van der Waals surface area contributed by atoms with Crippen LogP contribution in [0.25, 0.3) is 0 Å². The van der Waals surface area contributed by atoms with Gasteiger partial charge in [0.05, 0.1) is 17.4 Å². The topological polar surface area (TPSA) is 69.2 Å². The van der Waals surface area contributed by atoms with Gasteiger partial charge in [-0.1, -0.05) is 11.6 Å². The van der Waals surface area contributed by atoms with Crippen LogP contribution in [0.15, 0.2) is 17.6 Å². The van der Waals surface area contributed by atoms with Gasteiger partial charge in [-0.3, -0.25) is 0 Å². The molecule has 0 spiro atoms. The monoisotopic (exact) mass is 360 g/mol. The van der Waals surface area contributed by atoms with Crippen LogP contribution in [0.4, 0.5) is 22.0 Å². The molecule has 0 amide bonds. The molecule has 22 heavy (non-hydrogen) atoms. The van der Waals surface area contributed by atoms with Crippen LogP contribution in [0.2, 0.25) is 5.02 Å². The fraction of sp³-hybridized carbons (Fsp3) is 0. The molecule has 2 aromatic rings. The summed E-state index contributed by atoms with van der Waals surface area (Å²) in [5.74, 6) is -14.1. The molecular weight excluding hydrogens is 359 g/mol. The third-order valence-corrected chi connectivity index (χ3v) is 3.42. The van der Waals surface area contributed by atoms with E-state index < -0.39 is 50.1 Å². The second-order valence-electron chi connectivity index (χ2n) is 3.62. The van der Waals surface area contributed by atoms with Gasteiger partial charge in [0.2, 0.25) is 34.8 Å². The fourth-order valence-corrected chi connectivity index (χ4v) is 2.14. The zero-order valence-electron chi connectivity index (χ0n) is 9.95. The second-order valence-corrected chi connectivity index (χ2v) is 5.50. The highest BCUT2D eigenvalue weighted by Crippen LogP contribution is 2.30. The first-order valence-electron chi connectivity index (χ1n) is 5.08. The van der Waals surface area contributed by atoms with E-state index in [4.69, 9.17) is 11.6 Å². The summed E-state index contributed by atoms with van der Waals surface area (Å²) in [5.41, 5.74) is 0. The smallest absolute Gasteiger partial charge is 0.370 e. The lowest BCUT2D eigenvalue weighted by Gasteiger charge is -2.09. The maximum Gasteiger partial charge on any atom is 0.375 e. The lowest BCUT2D eigenvalue weighted by molar-refractivity contribution is 0.346. The summed E-state index contributed by atoms with van der Waals surface area (Å²) >= 11 is 5.41. The molecule has 0 unspecified atom stereocenters. The molecule has 0 atom stereocenters. The van der Waals surface area contributed by atoms with E-state index in [1.807, 2.05) is 0 Å². The van der Waals surface area contributed by atoms with Gasteiger partial charge in [-0.25, -0.2) is 23.1 Å². The molecule has 5 nitrogen and oxygen atoms in total. The first-order chi connectivity index (χ1) is 10.1. The normalized spacial score (nSPS) is 11.5. The maximum absolute atomic E-state index is 13.3. The second kappa shape index (κ2) is 5.65. The summed E-state index contributed by atoms with van der Waals surface area (Å²) < 4.78 is 92.6. The van der Waals surface area contributed by atoms with Gasteiger partial charge in [0.1, 0.15) is 0 Å². The van der Waals surface area contributed by atoms with Crippen molar-refractivity contribution < 1.29 is 34.6 Å². The predicted octanol–water partition coefficient (Wildman–Crippen LogP) is 2.59. The molecule has 0 saturated carbocycles. The van der Waals surface area contributed by atoms with Gasteiger partial charge in [-0.2, -0.15) is 17.2 Å². The summed E-state index contributed by atoms with van der Waals surface area (Å²) in [5, 5.41) is -1.14. The molecule has 0 aliphatic carbocycles. The Hall–Kier alpha value is -2.01. The van der Waals surface area contributed by atoms with Crippen LogP contribution in [0.3, 0.4) is 0 Å². The quantitative estimate of drug-likeness (QED) is 0.277. The van der Waals surface area contributed by atoms with E-state index in [1.54, 1.807) is 0 Å². The summed E-state index contributed by atoms with van der Waals surface area (Å²) in [6.45, 7) is 0. The molecule has 1 heterocycles. The van der Waals surface area contributed by atoms with Gasteiger partial charge < -0.3 is 4.18 Å². The molecule has 0 aliphatic rings. The number of aromatic nitrogens is 2. The first kappa shape index (κ1) is 16.4. The lowest BCUT2D eigenvalue weighted by atomic mass is 10.3. The Balaban J connectivity index is 2.53. The maximum atomic E-state index is 13.3. The molecule has 0 radical (unpaired) electrons. The summed E-state index contributed by atoms with van der Waals surface area (Å²) in [6.07, 6.45) is 1.65. The SMILES string of the molecule is O=S(=O)(Oc1c(F)c(F)c(F)c(F)c1F)c1ncc(Cl)cn1. The van der Waals surface area contributed by atoms with Crippen molar-refractivity contribution >= 4 is 21.7 Å². The van der Waals surface area contributed by atoms with E-state index in [0.29, 0.717) is 0 Å². The van der Waals surface area contributed by atoms with E-state index in [-0.39, 0.29) is 5.02 Å². The van der Waals surface area contributed by atoms with Crippen molar-refractivity contribution in [2.75, 3.05) is 0 Å². The Morgan fingerprint density at radius 3 is 1.73 bits per heavy atom. The van der Waals surface area contributed by atoms with Crippen molar-refractivity contribution in [2.45, 2.75) is 5.16 Å². The molecule has 1 aromatic carbocycles. The minimum Gasteiger partial charge on any atom is -0.370 e. The molecule has 12 heteroatoms. The van der Waals surface area contributed by atoms with Gasteiger partial charge >= 0.3 is 10.1 Å². The highest BCUT2D eigenvalue weighted by molar-refractivity contribution is 7.86. The van der Waals surface area contributed by atoms with Crippen LogP contribution < -0.4 is 4.18 Å². The Kier molecular flexibility index (Phi) is 4.20. The molecule has 0 saturated heterocycles. The number of hydrogen-bond donors (Lipinski definition) is 0. The van der Waals surface area contributed by atoms with Crippen LogP contribution in [-0.4, -0.2) is 18.4 Å². The fourth-order valence-electron chi connectivity index (χ4n) is 1.23. The summed E-state index contributed by atoms with van der Waals surface area (Å²) in [4.78, 5) is 6.41. The van der Waals surface area contributed by atoms with Crippen LogP contribution in [-0.2, 0) is 10.1 Å². The van der Waals surface area contributed by atoms with Crippen molar-refractivity contribution in [1.82, 2.24) is 9.97 Å². The molecular formula is C10H2ClF5N2O3S. The van der Waals surface area contributed by atoms with Crippen molar-refractivity contribution in [3.63, 3.8) is 0 Å². The zero-order valence-corrected chi connectivity index (χ0v) is 11.5. The van der Waals surface area contributed by atoms with E-state index in [0.717, 1.165) is 12.4 Å². The van der Waals surface area contributed by atoms with Crippen LogP contribution >= 0.6 is 11.6 Å². The van der Waals surface area contributed by atoms with Gasteiger partial charge in [0.25, 0.3) is 5.16 Å². The van der Waals surface area contributed by atoms with Crippen LogP contribution in [0, 0.1) is 29.1 Å². The van der Waals surface area contributed by atoms with E-state index >= 15 is 0 Å². The molecule has 0 bridgehead atoms. The average Bonchev–Trinajstić information content (AvgIpc) is 2.48. The lowest BCUT2D eigenvalue weighted by Crippen LogP contribution is -2.16. The van der Waals surface area contributed by atoms with Crippen molar-refractivity contribution in [2.24, 2.45) is 0 Å². The van der Waals surface area contributed by atoms with Crippen molar-refractivity contribution in [3.05, 3.63) is 46.5 Å². The third kappa shape index (κ3) is 2.81. The van der Waals surface area contributed by atoms with E-state index in [2.05, 4.69) is 14.2 Å². The van der Waals surface area contributed by atoms with Crippen LogP contribution in [0.5, 0.6) is 5.75 Å². The summed E-state index contributed by atoms with van der Waals surface area (Å²) in [6, 6.07) is 0. The van der Waals surface area contributed by atoms with Gasteiger partial charge in [-0.15, -0.1) is 0 Å². The molecule has 0 aliphatic heterocycles. The van der Waals surface area contributed by atoms with Crippen LogP contribution in [0.1, 0.15) is 0 Å². The molecule has 118 valence electrons. The van der Waals surface area contributed by atoms with E-state index in [1.165, 1.54) is 0 Å². The number of hydrogen-bond acceptors (Lipinski definition) is 5. The standard InChI is InChI=1S/C10H2ClF5N2O3S/c11-3-1-17-10(18-2-3)22(19,20)21-9-7(15)5(13)4(12)6(14)8(9)16/h1-2H. The Morgan fingerprint density at radius 2 is 1.27 bits per heavy atom. The Morgan fingerprint density at radius 1 is 0.864 bits per heavy atom. The number of halogens is 6. The largest absolute Gasteiger partial charge is 0.375 e.